The number of carbonyl (C=O) groups is 1. The molecule has 0 radical (unpaired) electrons. The largest absolute Gasteiger partial charge is 0.493 e. The Hall–Kier alpha value is -0.970. The molecule has 4 nitrogen and oxygen atoms in total. The molecule has 1 aromatic carbocycles. The number of hydrogen-bond acceptors (Lipinski definition) is 3. The number of carbonyl (C=O) groups excluding carboxylic acids is 1. The first-order valence-corrected chi connectivity index (χ1v) is 6.36. The van der Waals surface area contributed by atoms with E-state index >= 15 is 0 Å². The van der Waals surface area contributed by atoms with Crippen molar-refractivity contribution in [2.45, 2.75) is 25.8 Å². The van der Waals surface area contributed by atoms with E-state index in [4.69, 9.17) is 22.1 Å². The van der Waals surface area contributed by atoms with Gasteiger partial charge in [-0.3, -0.25) is 4.79 Å². The molecule has 0 fully saturated rings. The summed E-state index contributed by atoms with van der Waals surface area (Å²) in [6.45, 7) is 2.87. The molecule has 1 amide bonds. The van der Waals surface area contributed by atoms with Crippen LogP contribution in [0.3, 0.4) is 0 Å². The molecule has 1 atom stereocenters. The number of nitrogens with one attached hydrogen (secondary N) is 1. The molecule has 0 bridgehead atoms. The molecule has 0 aliphatic carbocycles. The van der Waals surface area contributed by atoms with Gasteiger partial charge in [0.25, 0.3) is 0 Å². The summed E-state index contributed by atoms with van der Waals surface area (Å²) in [6, 6.07) is 7.15. The summed E-state index contributed by atoms with van der Waals surface area (Å²) in [5.74, 6) is 0.687. The van der Waals surface area contributed by atoms with Crippen molar-refractivity contribution in [1.82, 2.24) is 5.32 Å². The molecule has 0 heterocycles. The highest BCUT2D eigenvalue weighted by Crippen LogP contribution is 2.15. The van der Waals surface area contributed by atoms with Gasteiger partial charge in [-0.05, 0) is 37.6 Å². The maximum atomic E-state index is 11.4. The minimum absolute atomic E-state index is 0. The first-order valence-electron chi connectivity index (χ1n) is 5.98. The van der Waals surface area contributed by atoms with Crippen molar-refractivity contribution in [3.05, 3.63) is 29.3 Å². The highest BCUT2D eigenvalue weighted by atomic mass is 35.5. The Labute approximate surface area is 125 Å². The van der Waals surface area contributed by atoms with Crippen LogP contribution in [0.25, 0.3) is 0 Å². The van der Waals surface area contributed by atoms with E-state index in [1.807, 2.05) is 6.92 Å². The zero-order valence-corrected chi connectivity index (χ0v) is 12.5. The third-order valence-corrected chi connectivity index (χ3v) is 2.59. The third-order valence-electron chi connectivity index (χ3n) is 2.33. The predicted molar refractivity (Wildman–Crippen MR) is 80.1 cm³/mol. The van der Waals surface area contributed by atoms with Crippen LogP contribution in [0.1, 0.15) is 19.8 Å². The van der Waals surface area contributed by atoms with Crippen molar-refractivity contribution < 1.29 is 9.53 Å². The summed E-state index contributed by atoms with van der Waals surface area (Å²) in [7, 11) is 0. The minimum atomic E-state index is -0.0235. The lowest BCUT2D eigenvalue weighted by molar-refractivity contribution is -0.121. The minimum Gasteiger partial charge on any atom is -0.493 e. The van der Waals surface area contributed by atoms with E-state index in [-0.39, 0.29) is 24.4 Å². The molecule has 1 unspecified atom stereocenters. The fraction of sp³-hybridized carbons (Fsp3) is 0.462. The van der Waals surface area contributed by atoms with Gasteiger partial charge in [0.1, 0.15) is 5.75 Å². The number of benzene rings is 1. The van der Waals surface area contributed by atoms with Crippen molar-refractivity contribution in [3.8, 4) is 5.75 Å². The molecule has 0 spiro atoms. The van der Waals surface area contributed by atoms with Crippen molar-refractivity contribution >= 4 is 29.9 Å². The number of halogens is 2. The second-order valence-corrected chi connectivity index (χ2v) is 4.60. The molecule has 1 aromatic rings. The summed E-state index contributed by atoms with van der Waals surface area (Å²) in [5.41, 5.74) is 5.58. The van der Waals surface area contributed by atoms with Crippen LogP contribution < -0.4 is 15.8 Å². The van der Waals surface area contributed by atoms with Crippen LogP contribution >= 0.6 is 24.0 Å². The van der Waals surface area contributed by atoms with Crippen molar-refractivity contribution in [1.29, 1.82) is 0 Å². The van der Waals surface area contributed by atoms with Crippen LogP contribution in [0, 0.1) is 0 Å². The van der Waals surface area contributed by atoms with Crippen molar-refractivity contribution in [3.63, 3.8) is 0 Å². The Bertz CT molecular complexity index is 369. The smallest absolute Gasteiger partial charge is 0.223 e. The maximum absolute atomic E-state index is 11.4. The standard InChI is InChI=1S/C13H19ClN2O2.ClH/c1-10(15)6-8-16-13(17)7-9-18-12-4-2-11(14)3-5-12;/h2-5,10H,6-9,15H2,1H3,(H,16,17);1H. The first-order chi connectivity index (χ1) is 8.58. The summed E-state index contributed by atoms with van der Waals surface area (Å²) < 4.78 is 5.41. The normalized spacial score (nSPS) is 11.3. The Balaban J connectivity index is 0.00000324. The molecule has 0 aliphatic rings. The van der Waals surface area contributed by atoms with Gasteiger partial charge < -0.3 is 15.8 Å². The molecular weight excluding hydrogens is 287 g/mol. The Morgan fingerprint density at radius 1 is 1.42 bits per heavy atom. The van der Waals surface area contributed by atoms with E-state index in [0.717, 1.165) is 6.42 Å². The van der Waals surface area contributed by atoms with Gasteiger partial charge in [-0.25, -0.2) is 0 Å². The first kappa shape index (κ1) is 18.0. The summed E-state index contributed by atoms with van der Waals surface area (Å²) in [6.07, 6.45) is 1.12. The lowest BCUT2D eigenvalue weighted by Gasteiger charge is -2.08. The molecular formula is C13H20Cl2N2O2. The van der Waals surface area contributed by atoms with Gasteiger partial charge in [-0.2, -0.15) is 0 Å². The average molecular weight is 307 g/mol. The van der Waals surface area contributed by atoms with Crippen molar-refractivity contribution in [2.75, 3.05) is 13.2 Å². The quantitative estimate of drug-likeness (QED) is 0.813. The SMILES string of the molecule is CC(N)CCNC(=O)CCOc1ccc(Cl)cc1.Cl. The Morgan fingerprint density at radius 3 is 2.63 bits per heavy atom. The fourth-order valence-corrected chi connectivity index (χ4v) is 1.45. The molecule has 19 heavy (non-hydrogen) atoms. The second kappa shape index (κ2) is 9.89. The molecule has 3 N–H and O–H groups in total. The lowest BCUT2D eigenvalue weighted by Crippen LogP contribution is -2.29. The molecule has 6 heteroatoms. The zero-order chi connectivity index (χ0) is 13.4. The van der Waals surface area contributed by atoms with Crippen LogP contribution in [-0.2, 0) is 4.79 Å². The predicted octanol–water partition coefficient (Wildman–Crippen LogP) is 2.38. The number of hydrogen-bond donors (Lipinski definition) is 2. The Kier molecular flexibility index (Phi) is 9.39. The fourth-order valence-electron chi connectivity index (χ4n) is 1.32. The molecule has 0 aromatic heterocycles. The van der Waals surface area contributed by atoms with Crippen LogP contribution in [0.5, 0.6) is 5.75 Å². The van der Waals surface area contributed by atoms with Gasteiger partial charge in [0.05, 0.1) is 13.0 Å². The average Bonchev–Trinajstić information content (AvgIpc) is 2.31. The van der Waals surface area contributed by atoms with Gasteiger partial charge in [-0.15, -0.1) is 12.4 Å². The van der Waals surface area contributed by atoms with E-state index < -0.39 is 0 Å². The molecule has 108 valence electrons. The maximum Gasteiger partial charge on any atom is 0.223 e. The topological polar surface area (TPSA) is 64.3 Å². The zero-order valence-electron chi connectivity index (χ0n) is 10.9. The summed E-state index contributed by atoms with van der Waals surface area (Å²) >= 11 is 5.75. The van der Waals surface area contributed by atoms with Gasteiger partial charge >= 0.3 is 0 Å². The lowest BCUT2D eigenvalue weighted by atomic mass is 10.2. The number of ether oxygens (including phenoxy) is 1. The molecule has 0 saturated carbocycles. The second-order valence-electron chi connectivity index (χ2n) is 4.17. The monoisotopic (exact) mass is 306 g/mol. The van der Waals surface area contributed by atoms with Gasteiger partial charge in [0.15, 0.2) is 0 Å². The third kappa shape index (κ3) is 8.70. The molecule has 0 aliphatic heterocycles. The van der Waals surface area contributed by atoms with E-state index in [2.05, 4.69) is 5.32 Å². The van der Waals surface area contributed by atoms with E-state index in [1.165, 1.54) is 0 Å². The summed E-state index contributed by atoms with van der Waals surface area (Å²) in [4.78, 5) is 11.4. The van der Waals surface area contributed by atoms with E-state index in [1.54, 1.807) is 24.3 Å². The Morgan fingerprint density at radius 2 is 2.05 bits per heavy atom. The van der Waals surface area contributed by atoms with Crippen LogP contribution in [0.15, 0.2) is 24.3 Å². The van der Waals surface area contributed by atoms with Gasteiger partial charge in [-0.1, -0.05) is 11.6 Å². The van der Waals surface area contributed by atoms with E-state index in [9.17, 15) is 4.79 Å². The number of nitrogens with two attached hydrogens (primary N) is 1. The highest BCUT2D eigenvalue weighted by Gasteiger charge is 2.02. The molecule has 1 rings (SSSR count). The van der Waals surface area contributed by atoms with E-state index in [0.29, 0.717) is 30.3 Å². The number of rotatable bonds is 7. The van der Waals surface area contributed by atoms with Crippen LogP contribution in [-0.4, -0.2) is 25.1 Å². The number of amides is 1. The van der Waals surface area contributed by atoms with Gasteiger partial charge in [0, 0.05) is 17.6 Å². The highest BCUT2D eigenvalue weighted by molar-refractivity contribution is 6.30. The van der Waals surface area contributed by atoms with Crippen LogP contribution in [0.4, 0.5) is 0 Å². The molecule has 0 saturated heterocycles. The van der Waals surface area contributed by atoms with Crippen molar-refractivity contribution in [2.24, 2.45) is 5.73 Å². The van der Waals surface area contributed by atoms with Gasteiger partial charge in [0.2, 0.25) is 5.91 Å². The summed E-state index contributed by atoms with van der Waals surface area (Å²) in [5, 5.41) is 3.45. The van der Waals surface area contributed by atoms with Crippen LogP contribution in [0.2, 0.25) is 5.02 Å².